The standard InChI is InChI=1S/C23H27N3O2S/c24-14-7-15-29-17-23(28)26-21(12-4-5-13-22(25)27)20-11-6-10-19(16-20)18-8-2-1-3-9-18/h1-3,6,8-11,16,21H,4-5,7,12-13,15,17H2,(H2,25,27)(H,26,28). The van der Waals surface area contributed by atoms with Crippen molar-refractivity contribution in [2.75, 3.05) is 11.5 Å². The van der Waals surface area contributed by atoms with Crippen LogP contribution in [-0.2, 0) is 9.59 Å². The molecule has 6 heteroatoms. The Bertz CT molecular complexity index is 834. The molecule has 29 heavy (non-hydrogen) atoms. The van der Waals surface area contributed by atoms with Crippen molar-refractivity contribution in [3.8, 4) is 17.2 Å². The lowest BCUT2D eigenvalue weighted by atomic mass is 9.96. The summed E-state index contributed by atoms with van der Waals surface area (Å²) in [6, 6.07) is 20.3. The number of nitrogens with zero attached hydrogens (tertiary/aromatic N) is 1. The molecule has 0 aromatic heterocycles. The molecular formula is C23H27N3O2S. The number of rotatable bonds is 12. The summed E-state index contributed by atoms with van der Waals surface area (Å²) < 4.78 is 0. The summed E-state index contributed by atoms with van der Waals surface area (Å²) in [6.45, 7) is 0. The third kappa shape index (κ3) is 8.41. The smallest absolute Gasteiger partial charge is 0.230 e. The van der Waals surface area contributed by atoms with Crippen LogP contribution in [0.2, 0.25) is 0 Å². The van der Waals surface area contributed by atoms with Crippen molar-refractivity contribution in [3.63, 3.8) is 0 Å². The van der Waals surface area contributed by atoms with Crippen molar-refractivity contribution >= 4 is 23.6 Å². The Morgan fingerprint density at radius 3 is 2.55 bits per heavy atom. The molecule has 2 rings (SSSR count). The Hall–Kier alpha value is -2.78. The molecule has 0 bridgehead atoms. The average Bonchev–Trinajstić information content (AvgIpc) is 2.74. The molecule has 0 aliphatic rings. The summed E-state index contributed by atoms with van der Waals surface area (Å²) in [5, 5.41) is 11.7. The number of unbranched alkanes of at least 4 members (excludes halogenated alkanes) is 1. The first kappa shape index (κ1) is 22.5. The van der Waals surface area contributed by atoms with Crippen LogP contribution in [0.3, 0.4) is 0 Å². The van der Waals surface area contributed by atoms with Crippen molar-refractivity contribution in [1.29, 1.82) is 5.26 Å². The normalized spacial score (nSPS) is 11.4. The Labute approximate surface area is 176 Å². The molecule has 0 saturated carbocycles. The lowest BCUT2D eigenvalue weighted by Gasteiger charge is -2.20. The van der Waals surface area contributed by atoms with Crippen LogP contribution in [0.1, 0.15) is 43.7 Å². The minimum absolute atomic E-state index is 0.0436. The molecule has 2 aromatic rings. The number of nitrogens with one attached hydrogen (secondary N) is 1. The number of nitriles is 1. The van der Waals surface area contributed by atoms with E-state index in [9.17, 15) is 9.59 Å². The second-order valence-electron chi connectivity index (χ2n) is 6.78. The van der Waals surface area contributed by atoms with E-state index in [1.165, 1.54) is 11.8 Å². The number of carbonyl (C=O) groups excluding carboxylic acids is 2. The van der Waals surface area contributed by atoms with E-state index in [1.807, 2.05) is 30.3 Å². The molecule has 0 aliphatic heterocycles. The fraction of sp³-hybridized carbons (Fsp3) is 0.348. The maximum Gasteiger partial charge on any atom is 0.230 e. The monoisotopic (exact) mass is 409 g/mol. The highest BCUT2D eigenvalue weighted by Gasteiger charge is 2.15. The molecule has 5 nitrogen and oxygen atoms in total. The molecule has 0 saturated heterocycles. The summed E-state index contributed by atoms with van der Waals surface area (Å²) in [5.74, 6) is 0.637. The van der Waals surface area contributed by atoms with Gasteiger partial charge in [0.05, 0.1) is 17.9 Å². The number of hydrogen-bond donors (Lipinski definition) is 2. The second-order valence-corrected chi connectivity index (χ2v) is 7.89. The van der Waals surface area contributed by atoms with Crippen LogP contribution in [0.5, 0.6) is 0 Å². The van der Waals surface area contributed by atoms with Crippen LogP contribution in [0.15, 0.2) is 54.6 Å². The zero-order valence-electron chi connectivity index (χ0n) is 16.5. The maximum absolute atomic E-state index is 12.4. The summed E-state index contributed by atoms with van der Waals surface area (Å²) in [5.41, 5.74) is 8.50. The molecule has 0 aliphatic carbocycles. The average molecular weight is 410 g/mol. The van der Waals surface area contributed by atoms with Gasteiger partial charge in [0, 0.05) is 18.6 Å². The summed E-state index contributed by atoms with van der Waals surface area (Å²) in [7, 11) is 0. The highest BCUT2D eigenvalue weighted by Crippen LogP contribution is 2.26. The zero-order chi connectivity index (χ0) is 20.9. The molecule has 2 aromatic carbocycles. The first-order chi connectivity index (χ1) is 14.1. The van der Waals surface area contributed by atoms with Gasteiger partial charge in [-0.1, -0.05) is 55.0 Å². The number of hydrogen-bond acceptors (Lipinski definition) is 4. The maximum atomic E-state index is 12.4. The highest BCUT2D eigenvalue weighted by atomic mass is 32.2. The summed E-state index contributed by atoms with van der Waals surface area (Å²) in [4.78, 5) is 23.4. The molecular weight excluding hydrogens is 382 g/mol. The van der Waals surface area contributed by atoms with Gasteiger partial charge in [0.2, 0.25) is 11.8 Å². The number of nitrogens with two attached hydrogens (primary N) is 1. The van der Waals surface area contributed by atoms with Crippen LogP contribution in [0.4, 0.5) is 0 Å². The number of thioether (sulfide) groups is 1. The Morgan fingerprint density at radius 2 is 1.83 bits per heavy atom. The van der Waals surface area contributed by atoms with Crippen molar-refractivity contribution in [2.45, 2.75) is 38.1 Å². The molecule has 0 heterocycles. The fourth-order valence-corrected chi connectivity index (χ4v) is 3.70. The van der Waals surface area contributed by atoms with Gasteiger partial charge in [0.25, 0.3) is 0 Å². The van der Waals surface area contributed by atoms with Crippen molar-refractivity contribution in [3.05, 3.63) is 60.2 Å². The Morgan fingerprint density at radius 1 is 1.07 bits per heavy atom. The van der Waals surface area contributed by atoms with Crippen LogP contribution >= 0.6 is 11.8 Å². The molecule has 0 radical (unpaired) electrons. The van der Waals surface area contributed by atoms with Crippen LogP contribution in [-0.4, -0.2) is 23.3 Å². The molecule has 1 atom stereocenters. The van der Waals surface area contributed by atoms with Gasteiger partial charge in [-0.2, -0.15) is 17.0 Å². The largest absolute Gasteiger partial charge is 0.370 e. The van der Waals surface area contributed by atoms with E-state index in [0.29, 0.717) is 30.8 Å². The Balaban J connectivity index is 2.08. The van der Waals surface area contributed by atoms with Gasteiger partial charge in [-0.3, -0.25) is 9.59 Å². The van der Waals surface area contributed by atoms with Gasteiger partial charge in [0.15, 0.2) is 0 Å². The van der Waals surface area contributed by atoms with Gasteiger partial charge < -0.3 is 11.1 Å². The topological polar surface area (TPSA) is 96.0 Å². The van der Waals surface area contributed by atoms with Crippen LogP contribution in [0, 0.1) is 11.3 Å². The SMILES string of the molecule is N#CCCSCC(=O)NC(CCCCC(N)=O)c1cccc(-c2ccccc2)c1. The van der Waals surface area contributed by atoms with E-state index in [0.717, 1.165) is 29.5 Å². The van der Waals surface area contributed by atoms with E-state index in [-0.39, 0.29) is 17.9 Å². The van der Waals surface area contributed by atoms with Gasteiger partial charge in [-0.15, -0.1) is 0 Å². The molecule has 3 N–H and O–H groups in total. The molecule has 2 amide bonds. The zero-order valence-corrected chi connectivity index (χ0v) is 17.3. The van der Waals surface area contributed by atoms with Crippen LogP contribution in [0.25, 0.3) is 11.1 Å². The summed E-state index contributed by atoms with van der Waals surface area (Å²) >= 11 is 1.46. The third-order valence-electron chi connectivity index (χ3n) is 4.49. The van der Waals surface area contributed by atoms with E-state index < -0.39 is 0 Å². The van der Waals surface area contributed by atoms with Gasteiger partial charge >= 0.3 is 0 Å². The molecule has 0 fully saturated rings. The van der Waals surface area contributed by atoms with E-state index in [2.05, 4.69) is 35.7 Å². The number of primary amides is 1. The number of amides is 2. The molecule has 152 valence electrons. The molecule has 1 unspecified atom stereocenters. The van der Waals surface area contributed by atoms with Crippen molar-refractivity contribution in [2.24, 2.45) is 5.73 Å². The van der Waals surface area contributed by atoms with E-state index >= 15 is 0 Å². The molecule has 0 spiro atoms. The van der Waals surface area contributed by atoms with Gasteiger partial charge in [-0.25, -0.2) is 0 Å². The van der Waals surface area contributed by atoms with Crippen LogP contribution < -0.4 is 11.1 Å². The summed E-state index contributed by atoms with van der Waals surface area (Å²) in [6.07, 6.45) is 3.03. The lowest BCUT2D eigenvalue weighted by molar-refractivity contribution is -0.120. The Kier molecular flexibility index (Phi) is 9.81. The predicted octanol–water partition coefficient (Wildman–Crippen LogP) is 4.20. The minimum atomic E-state index is -0.300. The van der Waals surface area contributed by atoms with Gasteiger partial charge in [-0.05, 0) is 35.6 Å². The first-order valence-corrected chi connectivity index (χ1v) is 10.9. The quantitative estimate of drug-likeness (QED) is 0.513. The fourth-order valence-electron chi connectivity index (χ4n) is 3.05. The van der Waals surface area contributed by atoms with Crippen molar-refractivity contribution in [1.82, 2.24) is 5.32 Å². The van der Waals surface area contributed by atoms with Gasteiger partial charge in [0.1, 0.15) is 0 Å². The lowest BCUT2D eigenvalue weighted by Crippen LogP contribution is -2.30. The minimum Gasteiger partial charge on any atom is -0.370 e. The second kappa shape index (κ2) is 12.6. The van der Waals surface area contributed by atoms with E-state index in [1.54, 1.807) is 0 Å². The van der Waals surface area contributed by atoms with E-state index in [4.69, 9.17) is 11.0 Å². The number of carbonyl (C=O) groups is 2. The highest BCUT2D eigenvalue weighted by molar-refractivity contribution is 7.99. The first-order valence-electron chi connectivity index (χ1n) is 9.78. The third-order valence-corrected chi connectivity index (χ3v) is 5.45. The number of benzene rings is 2. The van der Waals surface area contributed by atoms with Crippen molar-refractivity contribution < 1.29 is 9.59 Å². The predicted molar refractivity (Wildman–Crippen MR) is 118 cm³/mol.